The van der Waals surface area contributed by atoms with Gasteiger partial charge in [-0.25, -0.2) is 9.18 Å². The van der Waals surface area contributed by atoms with Crippen molar-refractivity contribution in [2.75, 3.05) is 0 Å². The van der Waals surface area contributed by atoms with E-state index in [0.717, 1.165) is 5.57 Å². The number of furan rings is 1. The molecule has 1 heterocycles. The molecule has 1 aliphatic carbocycles. The minimum absolute atomic E-state index is 0.270. The molecule has 23 heavy (non-hydrogen) atoms. The average molecular weight is 318 g/mol. The first kappa shape index (κ1) is 15.1. The molecule has 1 aromatic carbocycles. The Morgan fingerprint density at radius 2 is 2.04 bits per heavy atom. The number of hydrogen-bond donors (Lipinski definition) is 2. The number of carbonyl (C=O) groups is 1. The predicted molar refractivity (Wildman–Crippen MR) is 79.4 cm³/mol. The van der Waals surface area contributed by atoms with Crippen molar-refractivity contribution in [3.63, 3.8) is 0 Å². The second kappa shape index (κ2) is 6.13. The monoisotopic (exact) mass is 318 g/mol. The molecule has 0 spiro atoms. The van der Waals surface area contributed by atoms with Crippen LogP contribution in [0, 0.1) is 5.82 Å². The van der Waals surface area contributed by atoms with Crippen molar-refractivity contribution >= 4 is 11.6 Å². The molecular weight excluding hydrogens is 303 g/mol. The third kappa shape index (κ3) is 3.35. The number of nitrogens with zero attached hydrogens (tertiary/aromatic N) is 1. The molecule has 0 saturated carbocycles. The zero-order valence-corrected chi connectivity index (χ0v) is 12.1. The van der Waals surface area contributed by atoms with Crippen LogP contribution in [0.2, 0.25) is 0 Å². The lowest BCUT2D eigenvalue weighted by Gasteiger charge is -2.17. The molecular formula is C16H15FN2O4. The molecule has 3 rings (SSSR count). The number of primary amides is 1. The largest absolute Gasteiger partial charge is 0.426 e. The van der Waals surface area contributed by atoms with E-state index in [1.165, 1.54) is 24.3 Å². The predicted octanol–water partition coefficient (Wildman–Crippen LogP) is 3.53. The van der Waals surface area contributed by atoms with Crippen LogP contribution in [0.5, 0.6) is 11.7 Å². The summed E-state index contributed by atoms with van der Waals surface area (Å²) in [5, 5.41) is 10.0. The van der Waals surface area contributed by atoms with Crippen molar-refractivity contribution in [2.24, 2.45) is 5.73 Å². The molecule has 1 aromatic heterocycles. The molecule has 1 aliphatic rings. The summed E-state index contributed by atoms with van der Waals surface area (Å²) in [5.41, 5.74) is 5.89. The third-order valence-electron chi connectivity index (χ3n) is 3.57. The molecule has 0 saturated heterocycles. The maximum atomic E-state index is 12.8. The van der Waals surface area contributed by atoms with E-state index in [0.29, 0.717) is 29.4 Å². The van der Waals surface area contributed by atoms with E-state index in [1.807, 2.05) is 0 Å². The van der Waals surface area contributed by atoms with Gasteiger partial charge in [0.15, 0.2) is 0 Å². The Kier molecular flexibility index (Phi) is 4.03. The SMILES string of the molecule is NC(=O)N(O)C1C=C(c2ccc(Oc3ccc(F)cc3)o2)CC1. The molecule has 120 valence electrons. The van der Waals surface area contributed by atoms with E-state index in [9.17, 15) is 14.4 Å². The van der Waals surface area contributed by atoms with Crippen molar-refractivity contribution in [3.05, 3.63) is 54.1 Å². The fraction of sp³-hybridized carbons (Fsp3) is 0.188. The van der Waals surface area contributed by atoms with E-state index >= 15 is 0 Å². The Morgan fingerprint density at radius 3 is 2.74 bits per heavy atom. The number of amides is 2. The van der Waals surface area contributed by atoms with Crippen molar-refractivity contribution < 1.29 is 23.5 Å². The number of nitrogens with two attached hydrogens (primary N) is 1. The number of halogens is 1. The molecule has 0 aliphatic heterocycles. The molecule has 3 N–H and O–H groups in total. The van der Waals surface area contributed by atoms with Gasteiger partial charge >= 0.3 is 6.03 Å². The Morgan fingerprint density at radius 1 is 1.30 bits per heavy atom. The van der Waals surface area contributed by atoms with Gasteiger partial charge in [-0.1, -0.05) is 6.08 Å². The van der Waals surface area contributed by atoms with Gasteiger partial charge in [0.2, 0.25) is 0 Å². The number of ether oxygens (including phenoxy) is 1. The third-order valence-corrected chi connectivity index (χ3v) is 3.57. The highest BCUT2D eigenvalue weighted by Crippen LogP contribution is 2.34. The Bertz CT molecular complexity index is 739. The topological polar surface area (TPSA) is 88.9 Å². The van der Waals surface area contributed by atoms with Crippen LogP contribution in [-0.4, -0.2) is 22.3 Å². The van der Waals surface area contributed by atoms with Crippen LogP contribution in [0.15, 0.2) is 46.9 Å². The van der Waals surface area contributed by atoms with Gasteiger partial charge in [-0.3, -0.25) is 5.21 Å². The molecule has 1 unspecified atom stereocenters. The number of urea groups is 1. The lowest BCUT2D eigenvalue weighted by atomic mass is 10.2. The molecule has 2 aromatic rings. The standard InChI is InChI=1S/C16H15FN2O4/c17-11-2-5-13(6-3-11)22-15-8-7-14(23-15)10-1-4-12(9-10)19(21)16(18)20/h2-3,5-9,12,21H,1,4H2,(H2,18,20). The number of allylic oxidation sites excluding steroid dienone is 1. The lowest BCUT2D eigenvalue weighted by molar-refractivity contribution is -0.0608. The second-order valence-electron chi connectivity index (χ2n) is 5.16. The van der Waals surface area contributed by atoms with Gasteiger partial charge in [-0.05, 0) is 48.7 Å². The van der Waals surface area contributed by atoms with E-state index in [1.54, 1.807) is 18.2 Å². The number of rotatable bonds is 4. The minimum atomic E-state index is -0.896. The first-order valence-corrected chi connectivity index (χ1v) is 7.05. The Labute approximate surface area is 131 Å². The van der Waals surface area contributed by atoms with Gasteiger partial charge in [0.25, 0.3) is 5.95 Å². The van der Waals surface area contributed by atoms with E-state index in [2.05, 4.69) is 0 Å². The molecule has 7 heteroatoms. The molecule has 0 fully saturated rings. The summed E-state index contributed by atoms with van der Waals surface area (Å²) in [4.78, 5) is 11.0. The summed E-state index contributed by atoms with van der Waals surface area (Å²) in [6.07, 6.45) is 2.92. The van der Waals surface area contributed by atoms with Crippen LogP contribution in [0.1, 0.15) is 18.6 Å². The van der Waals surface area contributed by atoms with Gasteiger partial charge in [-0.2, -0.15) is 5.06 Å². The van der Waals surface area contributed by atoms with Crippen LogP contribution < -0.4 is 10.5 Å². The van der Waals surface area contributed by atoms with Crippen molar-refractivity contribution in [2.45, 2.75) is 18.9 Å². The zero-order valence-electron chi connectivity index (χ0n) is 12.1. The fourth-order valence-electron chi connectivity index (χ4n) is 2.43. The minimum Gasteiger partial charge on any atom is -0.426 e. The summed E-state index contributed by atoms with van der Waals surface area (Å²) in [7, 11) is 0. The van der Waals surface area contributed by atoms with E-state index < -0.39 is 12.1 Å². The lowest BCUT2D eigenvalue weighted by Crippen LogP contribution is -2.39. The zero-order chi connectivity index (χ0) is 16.4. The number of hydrogen-bond acceptors (Lipinski definition) is 4. The van der Waals surface area contributed by atoms with Crippen LogP contribution in [0.3, 0.4) is 0 Å². The number of hydroxylamine groups is 2. The van der Waals surface area contributed by atoms with Gasteiger partial charge in [-0.15, -0.1) is 0 Å². The molecule has 2 amide bonds. The summed E-state index contributed by atoms with van der Waals surface area (Å²) < 4.78 is 23.9. The number of carbonyl (C=O) groups excluding carboxylic acids is 1. The maximum absolute atomic E-state index is 12.8. The smallest absolute Gasteiger partial charge is 0.339 e. The molecule has 6 nitrogen and oxygen atoms in total. The highest BCUT2D eigenvalue weighted by molar-refractivity contribution is 5.73. The van der Waals surface area contributed by atoms with E-state index in [-0.39, 0.29) is 11.8 Å². The maximum Gasteiger partial charge on any atom is 0.339 e. The Balaban J connectivity index is 1.71. The van der Waals surface area contributed by atoms with Crippen LogP contribution in [0.4, 0.5) is 9.18 Å². The van der Waals surface area contributed by atoms with Crippen LogP contribution in [0.25, 0.3) is 5.57 Å². The van der Waals surface area contributed by atoms with Crippen LogP contribution >= 0.6 is 0 Å². The van der Waals surface area contributed by atoms with Crippen molar-refractivity contribution in [3.8, 4) is 11.7 Å². The second-order valence-corrected chi connectivity index (χ2v) is 5.16. The van der Waals surface area contributed by atoms with Gasteiger partial charge in [0.05, 0.1) is 6.04 Å². The van der Waals surface area contributed by atoms with E-state index in [4.69, 9.17) is 14.9 Å². The summed E-state index contributed by atoms with van der Waals surface area (Å²) in [6, 6.07) is 7.61. The fourth-order valence-corrected chi connectivity index (χ4v) is 2.43. The highest BCUT2D eigenvalue weighted by atomic mass is 19.1. The van der Waals surface area contributed by atoms with Crippen molar-refractivity contribution in [1.82, 2.24) is 5.06 Å². The first-order chi connectivity index (χ1) is 11.0. The van der Waals surface area contributed by atoms with Crippen molar-refractivity contribution in [1.29, 1.82) is 0 Å². The average Bonchev–Trinajstić information content (AvgIpc) is 3.17. The first-order valence-electron chi connectivity index (χ1n) is 7.05. The molecule has 0 bridgehead atoms. The van der Waals surface area contributed by atoms with Gasteiger partial charge in [0.1, 0.15) is 17.3 Å². The summed E-state index contributed by atoms with van der Waals surface area (Å²) in [6.45, 7) is 0. The number of benzene rings is 1. The Hall–Kier alpha value is -2.80. The molecule has 0 radical (unpaired) electrons. The molecule has 1 atom stereocenters. The van der Waals surface area contributed by atoms with Gasteiger partial charge < -0.3 is 14.9 Å². The highest BCUT2D eigenvalue weighted by Gasteiger charge is 2.25. The normalized spacial score (nSPS) is 17.0. The quantitative estimate of drug-likeness (QED) is 0.666. The summed E-state index contributed by atoms with van der Waals surface area (Å²) >= 11 is 0. The summed E-state index contributed by atoms with van der Waals surface area (Å²) in [5.74, 6) is 0.970. The van der Waals surface area contributed by atoms with Crippen LogP contribution in [-0.2, 0) is 0 Å². The van der Waals surface area contributed by atoms with Gasteiger partial charge in [0, 0.05) is 6.07 Å².